The highest BCUT2D eigenvalue weighted by atomic mass is 35.5. The lowest BCUT2D eigenvalue weighted by molar-refractivity contribution is 0.0583. The van der Waals surface area contributed by atoms with Gasteiger partial charge in [-0.15, -0.1) is 12.4 Å². The summed E-state index contributed by atoms with van der Waals surface area (Å²) in [4.78, 5) is 18.8. The van der Waals surface area contributed by atoms with Gasteiger partial charge in [0.15, 0.2) is 0 Å². The summed E-state index contributed by atoms with van der Waals surface area (Å²) < 4.78 is 5.08. The van der Waals surface area contributed by atoms with Crippen LogP contribution in [0.3, 0.4) is 0 Å². The number of hydrogen-bond donors (Lipinski definition) is 1. The number of pyridine rings is 1. The molecule has 22 heavy (non-hydrogen) atoms. The van der Waals surface area contributed by atoms with Crippen LogP contribution in [-0.4, -0.2) is 39.6 Å². The van der Waals surface area contributed by atoms with E-state index in [1.54, 1.807) is 6.20 Å². The molecular formula is C15H21ClN4O2. The minimum absolute atomic E-state index is 0. The monoisotopic (exact) mass is 324 g/mol. The lowest BCUT2D eigenvalue weighted by Gasteiger charge is -2.38. The maximum absolute atomic E-state index is 12.8. The quantitative estimate of drug-likeness (QED) is 0.916. The number of fused-ring (bicyclic) bond motifs is 1. The smallest absolute Gasteiger partial charge is 0.257 e. The third kappa shape index (κ3) is 2.94. The maximum Gasteiger partial charge on any atom is 0.257 e. The highest BCUT2D eigenvalue weighted by Gasteiger charge is 2.30. The van der Waals surface area contributed by atoms with Gasteiger partial charge in [-0.3, -0.25) is 4.79 Å². The molecule has 1 aliphatic rings. The Labute approximate surface area is 135 Å². The molecule has 0 aliphatic carbocycles. The van der Waals surface area contributed by atoms with Gasteiger partial charge in [-0.05, 0) is 39.2 Å². The summed E-state index contributed by atoms with van der Waals surface area (Å²) in [6, 6.07) is 1.89. The average Bonchev–Trinajstić information content (AvgIpc) is 2.87. The van der Waals surface area contributed by atoms with Gasteiger partial charge in [-0.1, -0.05) is 5.16 Å². The van der Waals surface area contributed by atoms with E-state index < -0.39 is 0 Å². The number of aryl methyl sites for hydroxylation is 1. The zero-order valence-corrected chi connectivity index (χ0v) is 13.6. The Kier molecular flexibility index (Phi) is 5.03. The molecule has 3 heterocycles. The Morgan fingerprint density at radius 3 is 3.00 bits per heavy atom. The molecule has 0 saturated carbocycles. The summed E-state index contributed by atoms with van der Waals surface area (Å²) in [5.41, 5.74) is 7.82. The topological polar surface area (TPSA) is 85.2 Å². The zero-order valence-electron chi connectivity index (χ0n) is 12.8. The molecule has 0 aromatic carbocycles. The molecule has 7 heteroatoms. The molecule has 1 aliphatic heterocycles. The van der Waals surface area contributed by atoms with E-state index in [1.165, 1.54) is 0 Å². The molecule has 1 saturated heterocycles. The number of nitrogens with zero attached hydrogens (tertiary/aromatic N) is 3. The molecule has 2 aromatic rings. The summed E-state index contributed by atoms with van der Waals surface area (Å²) in [5.74, 6) is -0.00741. The van der Waals surface area contributed by atoms with Crippen molar-refractivity contribution in [2.24, 2.45) is 5.73 Å². The van der Waals surface area contributed by atoms with Crippen molar-refractivity contribution < 1.29 is 9.32 Å². The first kappa shape index (κ1) is 16.7. The minimum atomic E-state index is -0.0248. The van der Waals surface area contributed by atoms with Crippen LogP contribution < -0.4 is 5.73 Å². The number of amides is 1. The minimum Gasteiger partial charge on any atom is -0.336 e. The molecule has 2 aromatic heterocycles. The van der Waals surface area contributed by atoms with Crippen molar-refractivity contribution in [3.63, 3.8) is 0 Å². The van der Waals surface area contributed by atoms with Crippen molar-refractivity contribution in [1.29, 1.82) is 0 Å². The highest BCUT2D eigenvalue weighted by Crippen LogP contribution is 2.23. The molecule has 2 unspecified atom stereocenters. The number of nitrogens with two attached hydrogens (primary N) is 1. The van der Waals surface area contributed by atoms with Crippen LogP contribution in [0.2, 0.25) is 0 Å². The van der Waals surface area contributed by atoms with E-state index in [4.69, 9.17) is 10.3 Å². The Bertz CT molecular complexity index is 671. The van der Waals surface area contributed by atoms with Crippen LogP contribution >= 0.6 is 12.4 Å². The fourth-order valence-corrected chi connectivity index (χ4v) is 2.98. The Morgan fingerprint density at radius 2 is 2.27 bits per heavy atom. The van der Waals surface area contributed by atoms with E-state index >= 15 is 0 Å². The van der Waals surface area contributed by atoms with Crippen molar-refractivity contribution in [3.05, 3.63) is 23.5 Å². The van der Waals surface area contributed by atoms with Gasteiger partial charge >= 0.3 is 0 Å². The number of carbonyl (C=O) groups is 1. The number of rotatable bonds is 2. The van der Waals surface area contributed by atoms with Crippen LogP contribution in [0.25, 0.3) is 11.1 Å². The molecular weight excluding hydrogens is 304 g/mol. The summed E-state index contributed by atoms with van der Waals surface area (Å²) in [6.45, 7) is 4.56. The predicted molar refractivity (Wildman–Crippen MR) is 86.1 cm³/mol. The number of halogens is 1. The van der Waals surface area contributed by atoms with E-state index in [-0.39, 0.29) is 30.4 Å². The van der Waals surface area contributed by atoms with E-state index in [9.17, 15) is 4.79 Å². The van der Waals surface area contributed by atoms with E-state index in [0.29, 0.717) is 11.3 Å². The Hall–Kier alpha value is -1.66. The zero-order chi connectivity index (χ0) is 15.0. The van der Waals surface area contributed by atoms with E-state index in [1.807, 2.05) is 24.8 Å². The second-order valence-corrected chi connectivity index (χ2v) is 5.77. The van der Waals surface area contributed by atoms with Crippen LogP contribution in [0, 0.1) is 6.92 Å². The molecule has 0 radical (unpaired) electrons. The Morgan fingerprint density at radius 1 is 1.50 bits per heavy atom. The van der Waals surface area contributed by atoms with Gasteiger partial charge in [0.1, 0.15) is 0 Å². The van der Waals surface area contributed by atoms with Crippen molar-refractivity contribution in [2.45, 2.75) is 45.2 Å². The summed E-state index contributed by atoms with van der Waals surface area (Å²) in [6.07, 6.45) is 4.67. The van der Waals surface area contributed by atoms with Gasteiger partial charge in [0, 0.05) is 24.8 Å². The van der Waals surface area contributed by atoms with Crippen molar-refractivity contribution in [1.82, 2.24) is 15.0 Å². The molecule has 2 atom stereocenters. The fourth-order valence-electron chi connectivity index (χ4n) is 2.98. The van der Waals surface area contributed by atoms with Gasteiger partial charge in [0.2, 0.25) is 0 Å². The number of piperidine rings is 1. The first-order valence-electron chi connectivity index (χ1n) is 7.36. The second kappa shape index (κ2) is 6.62. The van der Waals surface area contributed by atoms with Crippen molar-refractivity contribution in [2.75, 3.05) is 6.54 Å². The third-order valence-electron chi connectivity index (χ3n) is 4.17. The number of carbonyl (C=O) groups excluding carboxylic acids is 1. The highest BCUT2D eigenvalue weighted by molar-refractivity contribution is 5.97. The molecule has 1 amide bonds. The van der Waals surface area contributed by atoms with Crippen LogP contribution in [0.1, 0.15) is 42.2 Å². The SMILES string of the molecule is Cc1noc2ncc(C(=O)N3CCCCC3C(C)N)cc12.Cl. The molecule has 0 bridgehead atoms. The lowest BCUT2D eigenvalue weighted by atomic mass is 9.96. The summed E-state index contributed by atoms with van der Waals surface area (Å²) in [7, 11) is 0. The first-order chi connectivity index (χ1) is 10.1. The lowest BCUT2D eigenvalue weighted by Crippen LogP contribution is -2.51. The third-order valence-corrected chi connectivity index (χ3v) is 4.17. The van der Waals surface area contributed by atoms with E-state index in [0.717, 1.165) is 36.9 Å². The molecule has 3 rings (SSSR count). The number of aromatic nitrogens is 2. The Balaban J connectivity index is 0.00000176. The maximum atomic E-state index is 12.8. The number of hydrogen-bond acceptors (Lipinski definition) is 5. The standard InChI is InChI=1S/C15H20N4O2.ClH/c1-9(16)13-5-3-4-6-19(13)15(20)11-7-12-10(2)18-21-14(12)17-8-11;/h7-9,13H,3-6,16H2,1-2H3;1H. The predicted octanol–water partition coefficient (Wildman–Crippen LogP) is 2.29. The normalized spacial score (nSPS) is 19.8. The first-order valence-corrected chi connectivity index (χ1v) is 7.36. The van der Waals surface area contributed by atoms with E-state index in [2.05, 4.69) is 10.1 Å². The molecule has 0 spiro atoms. The van der Waals surface area contributed by atoms with Gasteiger partial charge in [0.25, 0.3) is 11.6 Å². The molecule has 6 nitrogen and oxygen atoms in total. The van der Waals surface area contributed by atoms with Crippen molar-refractivity contribution in [3.8, 4) is 0 Å². The molecule has 2 N–H and O–H groups in total. The fraction of sp³-hybridized carbons (Fsp3) is 0.533. The molecule has 120 valence electrons. The van der Waals surface area contributed by atoms with Gasteiger partial charge < -0.3 is 15.2 Å². The van der Waals surface area contributed by atoms with Gasteiger partial charge in [-0.25, -0.2) is 4.98 Å². The van der Waals surface area contributed by atoms with Crippen LogP contribution in [-0.2, 0) is 0 Å². The van der Waals surface area contributed by atoms with Crippen LogP contribution in [0.15, 0.2) is 16.8 Å². The number of likely N-dealkylation sites (tertiary alicyclic amines) is 1. The van der Waals surface area contributed by atoms with Crippen LogP contribution in [0.5, 0.6) is 0 Å². The largest absolute Gasteiger partial charge is 0.336 e. The van der Waals surface area contributed by atoms with Gasteiger partial charge in [-0.2, -0.15) is 0 Å². The van der Waals surface area contributed by atoms with Crippen molar-refractivity contribution >= 4 is 29.4 Å². The average molecular weight is 325 g/mol. The van der Waals surface area contributed by atoms with Gasteiger partial charge in [0.05, 0.1) is 16.6 Å². The second-order valence-electron chi connectivity index (χ2n) is 5.77. The summed E-state index contributed by atoms with van der Waals surface area (Å²) in [5, 5.41) is 4.66. The van der Waals surface area contributed by atoms with Crippen LogP contribution in [0.4, 0.5) is 0 Å². The summed E-state index contributed by atoms with van der Waals surface area (Å²) >= 11 is 0. The molecule has 1 fully saturated rings.